The van der Waals surface area contributed by atoms with Gasteiger partial charge >= 0.3 is 0 Å². The van der Waals surface area contributed by atoms with E-state index >= 15 is 0 Å². The summed E-state index contributed by atoms with van der Waals surface area (Å²) in [5.74, 6) is 1.92. The van der Waals surface area contributed by atoms with Gasteiger partial charge in [-0.1, -0.05) is 5.16 Å². The number of carbonyl (C=O) groups excluding carboxylic acids is 1. The Morgan fingerprint density at radius 2 is 1.68 bits per heavy atom. The minimum Gasteiger partial charge on any atom is -0.367 e. The van der Waals surface area contributed by atoms with E-state index < -0.39 is 5.91 Å². The number of aromatic nitrogens is 1. The topological polar surface area (TPSA) is 95.1 Å². The van der Waals surface area contributed by atoms with Crippen LogP contribution in [-0.4, -0.2) is 11.1 Å². The van der Waals surface area contributed by atoms with Gasteiger partial charge in [-0.15, -0.1) is 0 Å². The summed E-state index contributed by atoms with van der Waals surface area (Å²) in [4.78, 5) is 11.6. The molecule has 0 atom stereocenters. The van der Waals surface area contributed by atoms with E-state index in [1.165, 1.54) is 19.3 Å². The summed E-state index contributed by atoms with van der Waals surface area (Å²) in [7, 11) is 0. The highest BCUT2D eigenvalue weighted by atomic mass is 16.5. The van der Waals surface area contributed by atoms with Gasteiger partial charge in [-0.05, 0) is 56.3 Å². The molecule has 1 aromatic heterocycles. The Hall–Kier alpha value is -1.52. The molecule has 102 valence electrons. The molecule has 4 aliphatic rings. The van der Waals surface area contributed by atoms with Crippen LogP contribution in [0.15, 0.2) is 4.52 Å². The molecule has 5 heteroatoms. The smallest absolute Gasteiger partial charge is 0.256 e. The Morgan fingerprint density at radius 3 is 2.16 bits per heavy atom. The van der Waals surface area contributed by atoms with Gasteiger partial charge in [0.2, 0.25) is 5.88 Å². The largest absolute Gasteiger partial charge is 0.367 e. The highest BCUT2D eigenvalue weighted by Gasteiger charge is 2.54. The number of carbonyl (C=O) groups is 1. The zero-order chi connectivity index (χ0) is 13.2. The van der Waals surface area contributed by atoms with Crippen LogP contribution in [0.2, 0.25) is 0 Å². The molecule has 4 aliphatic carbocycles. The molecule has 4 bridgehead atoms. The molecule has 0 spiro atoms. The number of nitrogen functional groups attached to an aromatic ring is 1. The highest BCUT2D eigenvalue weighted by molar-refractivity contribution is 5.98. The second kappa shape index (κ2) is 3.52. The molecular formula is C14H19N3O2. The zero-order valence-electron chi connectivity index (χ0n) is 10.9. The highest BCUT2D eigenvalue weighted by Crippen LogP contribution is 2.61. The van der Waals surface area contributed by atoms with Gasteiger partial charge in [0.25, 0.3) is 5.91 Å². The molecule has 0 unspecified atom stereocenters. The maximum absolute atomic E-state index is 11.6. The van der Waals surface area contributed by atoms with E-state index in [0.29, 0.717) is 5.56 Å². The van der Waals surface area contributed by atoms with E-state index in [2.05, 4.69) is 5.16 Å². The molecule has 0 aromatic carbocycles. The minimum atomic E-state index is -0.510. The zero-order valence-corrected chi connectivity index (χ0v) is 10.9. The number of hydrogen-bond donors (Lipinski definition) is 2. The number of amides is 1. The first-order valence-electron chi connectivity index (χ1n) is 7.13. The van der Waals surface area contributed by atoms with Crippen molar-refractivity contribution in [2.75, 3.05) is 5.73 Å². The van der Waals surface area contributed by atoms with Crippen LogP contribution in [0.5, 0.6) is 0 Å². The number of hydrogen-bond acceptors (Lipinski definition) is 4. The first kappa shape index (κ1) is 11.3. The van der Waals surface area contributed by atoms with Crippen LogP contribution >= 0.6 is 0 Å². The fraction of sp³-hybridized carbons (Fsp3) is 0.714. The molecule has 1 amide bonds. The normalized spacial score (nSPS) is 39.7. The number of nitrogens with two attached hydrogens (primary N) is 2. The van der Waals surface area contributed by atoms with Crippen molar-refractivity contribution >= 4 is 11.8 Å². The minimum absolute atomic E-state index is 0.000231. The molecule has 1 aromatic rings. The second-order valence-corrected chi connectivity index (χ2v) is 6.83. The summed E-state index contributed by atoms with van der Waals surface area (Å²) in [5, 5.41) is 4.13. The van der Waals surface area contributed by atoms with Crippen molar-refractivity contribution in [2.24, 2.45) is 23.5 Å². The fourth-order valence-corrected chi connectivity index (χ4v) is 5.30. The Bertz CT molecular complexity index is 514. The SMILES string of the molecule is NC(=O)c1c(C23CC4CC(CC(C4)C2)C3)noc1N. The Morgan fingerprint density at radius 1 is 1.16 bits per heavy atom. The van der Waals surface area contributed by atoms with Gasteiger partial charge in [0.1, 0.15) is 11.3 Å². The van der Waals surface area contributed by atoms with Gasteiger partial charge in [-0.3, -0.25) is 4.79 Å². The van der Waals surface area contributed by atoms with Gasteiger partial charge in [0, 0.05) is 5.41 Å². The van der Waals surface area contributed by atoms with Crippen LogP contribution in [0.4, 0.5) is 5.88 Å². The van der Waals surface area contributed by atoms with Crippen molar-refractivity contribution in [2.45, 2.75) is 43.9 Å². The fourth-order valence-electron chi connectivity index (χ4n) is 5.30. The lowest BCUT2D eigenvalue weighted by Gasteiger charge is -2.56. The van der Waals surface area contributed by atoms with Gasteiger partial charge in [-0.25, -0.2) is 0 Å². The van der Waals surface area contributed by atoms with E-state index in [1.54, 1.807) is 0 Å². The lowest BCUT2D eigenvalue weighted by molar-refractivity contribution is -0.00874. The summed E-state index contributed by atoms with van der Waals surface area (Å²) in [6.07, 6.45) is 7.39. The van der Waals surface area contributed by atoms with Crippen molar-refractivity contribution in [1.29, 1.82) is 0 Å². The predicted molar refractivity (Wildman–Crippen MR) is 69.3 cm³/mol. The first-order chi connectivity index (χ1) is 9.07. The third-order valence-electron chi connectivity index (χ3n) is 5.51. The van der Waals surface area contributed by atoms with Crippen LogP contribution in [0.1, 0.15) is 54.6 Å². The van der Waals surface area contributed by atoms with Gasteiger partial charge < -0.3 is 16.0 Å². The summed E-state index contributed by atoms with van der Waals surface area (Å²) in [6, 6.07) is 0. The summed E-state index contributed by atoms with van der Waals surface area (Å²) in [6.45, 7) is 0. The molecule has 4 N–H and O–H groups in total. The van der Waals surface area contributed by atoms with Crippen molar-refractivity contribution in [3.05, 3.63) is 11.3 Å². The number of primary amides is 1. The molecule has 4 fully saturated rings. The molecule has 5 nitrogen and oxygen atoms in total. The van der Waals surface area contributed by atoms with E-state index in [1.807, 2.05) is 0 Å². The average Bonchev–Trinajstić information content (AvgIpc) is 2.70. The third kappa shape index (κ3) is 1.47. The monoisotopic (exact) mass is 261 g/mol. The van der Waals surface area contributed by atoms with E-state index in [-0.39, 0.29) is 11.3 Å². The van der Waals surface area contributed by atoms with Gasteiger partial charge in [-0.2, -0.15) is 0 Å². The third-order valence-corrected chi connectivity index (χ3v) is 5.51. The first-order valence-corrected chi connectivity index (χ1v) is 7.13. The number of anilines is 1. The number of nitrogens with zero attached hydrogens (tertiary/aromatic N) is 1. The predicted octanol–water partition coefficient (Wildman–Crippen LogP) is 1.82. The van der Waals surface area contributed by atoms with Crippen LogP contribution in [-0.2, 0) is 5.41 Å². The van der Waals surface area contributed by atoms with Crippen molar-refractivity contribution in [1.82, 2.24) is 5.16 Å². The van der Waals surface area contributed by atoms with Crippen LogP contribution < -0.4 is 11.5 Å². The molecule has 0 aliphatic heterocycles. The van der Waals surface area contributed by atoms with E-state index in [0.717, 1.165) is 42.7 Å². The molecule has 19 heavy (non-hydrogen) atoms. The van der Waals surface area contributed by atoms with Crippen LogP contribution in [0, 0.1) is 17.8 Å². The van der Waals surface area contributed by atoms with E-state index in [4.69, 9.17) is 16.0 Å². The molecule has 4 saturated carbocycles. The van der Waals surface area contributed by atoms with Crippen LogP contribution in [0.3, 0.4) is 0 Å². The van der Waals surface area contributed by atoms with Gasteiger partial charge in [0.15, 0.2) is 0 Å². The molecular weight excluding hydrogens is 242 g/mol. The van der Waals surface area contributed by atoms with Crippen molar-refractivity contribution in [3.63, 3.8) is 0 Å². The summed E-state index contributed by atoms with van der Waals surface area (Å²) < 4.78 is 5.07. The Kier molecular flexibility index (Phi) is 2.10. The van der Waals surface area contributed by atoms with Crippen molar-refractivity contribution < 1.29 is 9.32 Å². The average molecular weight is 261 g/mol. The molecule has 5 rings (SSSR count). The standard InChI is InChI=1S/C14H19N3O2/c15-12(18)10-11(17-19-13(10)16)14-4-7-1-8(5-14)3-9(2-7)6-14/h7-9H,1-6,16H2,(H2,15,18). The van der Waals surface area contributed by atoms with Crippen LogP contribution in [0.25, 0.3) is 0 Å². The molecule has 0 saturated heterocycles. The second-order valence-electron chi connectivity index (χ2n) is 6.83. The Labute approximate surface area is 111 Å². The lowest BCUT2D eigenvalue weighted by Crippen LogP contribution is -2.49. The van der Waals surface area contributed by atoms with Crippen molar-refractivity contribution in [3.8, 4) is 0 Å². The summed E-state index contributed by atoms with van der Waals surface area (Å²) >= 11 is 0. The quantitative estimate of drug-likeness (QED) is 0.848. The van der Waals surface area contributed by atoms with Gasteiger partial charge in [0.05, 0.1) is 0 Å². The molecule has 0 radical (unpaired) electrons. The summed E-state index contributed by atoms with van der Waals surface area (Å²) in [5.41, 5.74) is 12.3. The van der Waals surface area contributed by atoms with E-state index in [9.17, 15) is 4.79 Å². The maximum Gasteiger partial charge on any atom is 0.256 e. The Balaban J connectivity index is 1.82. The maximum atomic E-state index is 11.6. The lowest BCUT2D eigenvalue weighted by atomic mass is 9.48. The number of rotatable bonds is 2. The molecule has 1 heterocycles.